The lowest BCUT2D eigenvalue weighted by molar-refractivity contribution is -0.124. The zero-order valence-corrected chi connectivity index (χ0v) is 8.97. The van der Waals surface area contributed by atoms with E-state index in [9.17, 15) is 4.79 Å². The van der Waals surface area contributed by atoms with Crippen LogP contribution in [0.1, 0.15) is 18.6 Å². The summed E-state index contributed by atoms with van der Waals surface area (Å²) in [6, 6.07) is 3.59. The van der Waals surface area contributed by atoms with E-state index in [0.717, 1.165) is 18.6 Å². The summed E-state index contributed by atoms with van der Waals surface area (Å²) in [7, 11) is 0. The zero-order chi connectivity index (χ0) is 10.9. The summed E-state index contributed by atoms with van der Waals surface area (Å²) in [5.41, 5.74) is 4.95. The minimum Gasteiger partial charge on any atom is -0.467 e. The summed E-state index contributed by atoms with van der Waals surface area (Å²) in [5.74, 6) is 0.633. The highest BCUT2D eigenvalue weighted by molar-refractivity contribution is 7.80. The predicted octanol–water partition coefficient (Wildman–Crippen LogP) is 0.962. The molecule has 15 heavy (non-hydrogen) atoms. The molecule has 0 unspecified atom stereocenters. The molecule has 1 aliphatic rings. The van der Waals surface area contributed by atoms with Gasteiger partial charge in [-0.3, -0.25) is 4.79 Å². The molecule has 1 aliphatic carbocycles. The monoisotopic (exact) mass is 224 g/mol. The van der Waals surface area contributed by atoms with E-state index in [-0.39, 0.29) is 5.91 Å². The fraction of sp³-hybridized carbons (Fsp3) is 0.400. The normalized spacial score (nSPS) is 17.1. The number of hydrogen-bond acceptors (Lipinski definition) is 3. The molecule has 0 aromatic carbocycles. The Bertz CT molecular complexity index is 382. The summed E-state index contributed by atoms with van der Waals surface area (Å²) in [6.07, 6.45) is 3.08. The maximum absolute atomic E-state index is 11.7. The third kappa shape index (κ3) is 1.87. The van der Waals surface area contributed by atoms with Crippen LogP contribution in [-0.2, 0) is 11.3 Å². The van der Waals surface area contributed by atoms with Gasteiger partial charge in [-0.05, 0) is 25.0 Å². The molecular formula is C10H12N2O2S. The maximum atomic E-state index is 11.7. The van der Waals surface area contributed by atoms with Crippen molar-refractivity contribution in [1.29, 1.82) is 0 Å². The van der Waals surface area contributed by atoms with Gasteiger partial charge in [-0.2, -0.15) is 0 Å². The Hall–Kier alpha value is -1.36. The number of carbonyl (C=O) groups is 1. The van der Waals surface area contributed by atoms with Crippen molar-refractivity contribution in [3.8, 4) is 0 Å². The van der Waals surface area contributed by atoms with Gasteiger partial charge in [0.05, 0.1) is 23.2 Å². The van der Waals surface area contributed by atoms with Crippen LogP contribution in [0, 0.1) is 5.41 Å². The Morgan fingerprint density at radius 2 is 2.40 bits per heavy atom. The molecule has 1 aromatic rings. The van der Waals surface area contributed by atoms with Crippen LogP contribution in [-0.4, -0.2) is 10.9 Å². The first kappa shape index (κ1) is 10.2. The summed E-state index contributed by atoms with van der Waals surface area (Å²) < 4.78 is 5.10. The van der Waals surface area contributed by atoms with E-state index in [1.54, 1.807) is 18.4 Å². The second kappa shape index (κ2) is 3.66. The first-order valence-corrected chi connectivity index (χ1v) is 5.16. The third-order valence-electron chi connectivity index (χ3n) is 2.66. The number of carbonyl (C=O) groups excluding carboxylic acids is 1. The molecule has 0 saturated heterocycles. The Balaban J connectivity index is 1.91. The van der Waals surface area contributed by atoms with Gasteiger partial charge in [0.1, 0.15) is 5.76 Å². The van der Waals surface area contributed by atoms with Crippen LogP contribution in [0.15, 0.2) is 22.8 Å². The number of nitrogens with one attached hydrogen (secondary N) is 1. The topological polar surface area (TPSA) is 68.3 Å². The van der Waals surface area contributed by atoms with Gasteiger partial charge in [0.2, 0.25) is 5.91 Å². The second-order valence-electron chi connectivity index (χ2n) is 3.71. The number of furan rings is 1. The average molecular weight is 224 g/mol. The van der Waals surface area contributed by atoms with Crippen molar-refractivity contribution in [3.05, 3.63) is 24.2 Å². The van der Waals surface area contributed by atoms with E-state index in [1.165, 1.54) is 0 Å². The molecule has 0 atom stereocenters. The fourth-order valence-electron chi connectivity index (χ4n) is 1.46. The molecule has 1 aromatic heterocycles. The average Bonchev–Trinajstić information content (AvgIpc) is 2.87. The molecule has 5 heteroatoms. The lowest BCUT2D eigenvalue weighted by Crippen LogP contribution is -2.39. The lowest BCUT2D eigenvalue weighted by Gasteiger charge is -2.12. The first-order chi connectivity index (χ1) is 7.15. The standard InChI is InChI=1S/C10H12N2O2S/c11-8(15)10(3-4-10)9(13)12-6-7-2-1-5-14-7/h1-2,5H,3-4,6H2,(H2,11,15)(H,12,13). The third-order valence-corrected chi connectivity index (χ3v) is 3.05. The molecule has 4 nitrogen and oxygen atoms in total. The molecule has 3 N–H and O–H groups in total. The Morgan fingerprint density at radius 1 is 1.67 bits per heavy atom. The van der Waals surface area contributed by atoms with Gasteiger partial charge >= 0.3 is 0 Å². The van der Waals surface area contributed by atoms with Crippen LogP contribution in [0.4, 0.5) is 0 Å². The van der Waals surface area contributed by atoms with Crippen LogP contribution in [0.2, 0.25) is 0 Å². The van der Waals surface area contributed by atoms with E-state index in [1.807, 2.05) is 0 Å². The molecule has 0 bridgehead atoms. The number of nitrogens with two attached hydrogens (primary N) is 1. The summed E-state index contributed by atoms with van der Waals surface area (Å²) in [5, 5.41) is 2.77. The minimum absolute atomic E-state index is 0.0913. The molecule has 1 saturated carbocycles. The van der Waals surface area contributed by atoms with Crippen LogP contribution < -0.4 is 11.1 Å². The number of thiocarbonyl (C=S) groups is 1. The van der Waals surface area contributed by atoms with Crippen molar-refractivity contribution in [1.82, 2.24) is 5.32 Å². The summed E-state index contributed by atoms with van der Waals surface area (Å²) >= 11 is 4.88. The van der Waals surface area contributed by atoms with Gasteiger partial charge in [-0.15, -0.1) is 0 Å². The van der Waals surface area contributed by atoms with E-state index >= 15 is 0 Å². The van der Waals surface area contributed by atoms with Gasteiger partial charge in [-0.1, -0.05) is 12.2 Å². The number of hydrogen-bond donors (Lipinski definition) is 2. The maximum Gasteiger partial charge on any atom is 0.233 e. The molecule has 1 fully saturated rings. The molecule has 1 amide bonds. The lowest BCUT2D eigenvalue weighted by atomic mass is 10.1. The van der Waals surface area contributed by atoms with Gasteiger partial charge in [0, 0.05) is 0 Å². The van der Waals surface area contributed by atoms with E-state index in [4.69, 9.17) is 22.4 Å². The van der Waals surface area contributed by atoms with Gasteiger partial charge < -0.3 is 15.5 Å². The van der Waals surface area contributed by atoms with Gasteiger partial charge in [-0.25, -0.2) is 0 Å². The van der Waals surface area contributed by atoms with Crippen LogP contribution in [0.5, 0.6) is 0 Å². The van der Waals surface area contributed by atoms with Crippen molar-refractivity contribution in [2.24, 2.45) is 11.1 Å². The first-order valence-electron chi connectivity index (χ1n) is 4.76. The molecule has 80 valence electrons. The van der Waals surface area contributed by atoms with E-state index in [2.05, 4.69) is 5.32 Å². The second-order valence-corrected chi connectivity index (χ2v) is 4.15. The Labute approximate surface area is 92.8 Å². The molecule has 1 heterocycles. The van der Waals surface area contributed by atoms with Crippen molar-refractivity contribution in [2.45, 2.75) is 19.4 Å². The number of rotatable bonds is 4. The van der Waals surface area contributed by atoms with Gasteiger partial charge in [0.15, 0.2) is 0 Å². The molecule has 2 rings (SSSR count). The van der Waals surface area contributed by atoms with E-state index < -0.39 is 5.41 Å². The minimum atomic E-state index is -0.581. The molecule has 0 radical (unpaired) electrons. The molecular weight excluding hydrogens is 212 g/mol. The smallest absolute Gasteiger partial charge is 0.233 e. The highest BCUT2D eigenvalue weighted by Crippen LogP contribution is 2.46. The van der Waals surface area contributed by atoms with Crippen molar-refractivity contribution in [3.63, 3.8) is 0 Å². The summed E-state index contributed by atoms with van der Waals surface area (Å²) in [6.45, 7) is 0.385. The molecule has 0 aliphatic heterocycles. The van der Waals surface area contributed by atoms with E-state index in [0.29, 0.717) is 11.5 Å². The Kier molecular flexibility index (Phi) is 2.48. The number of amides is 1. The fourth-order valence-corrected chi connectivity index (χ4v) is 1.76. The van der Waals surface area contributed by atoms with Crippen molar-refractivity contribution >= 4 is 23.1 Å². The Morgan fingerprint density at radius 3 is 2.87 bits per heavy atom. The largest absolute Gasteiger partial charge is 0.467 e. The van der Waals surface area contributed by atoms with Crippen LogP contribution >= 0.6 is 12.2 Å². The molecule has 0 spiro atoms. The van der Waals surface area contributed by atoms with Crippen LogP contribution in [0.25, 0.3) is 0 Å². The van der Waals surface area contributed by atoms with Crippen molar-refractivity contribution in [2.75, 3.05) is 0 Å². The summed E-state index contributed by atoms with van der Waals surface area (Å²) in [4.78, 5) is 12.0. The zero-order valence-electron chi connectivity index (χ0n) is 8.16. The highest BCUT2D eigenvalue weighted by Gasteiger charge is 2.52. The SMILES string of the molecule is NC(=S)C1(C(=O)NCc2ccco2)CC1. The van der Waals surface area contributed by atoms with Gasteiger partial charge in [0.25, 0.3) is 0 Å². The highest BCUT2D eigenvalue weighted by atomic mass is 32.1. The predicted molar refractivity (Wildman–Crippen MR) is 59.0 cm³/mol. The van der Waals surface area contributed by atoms with Crippen LogP contribution in [0.3, 0.4) is 0 Å². The quantitative estimate of drug-likeness (QED) is 0.747. The van der Waals surface area contributed by atoms with Crippen molar-refractivity contribution < 1.29 is 9.21 Å².